The standard InChI is InChI=1S/C20H20F3N3O4/c1-26(2)18-15(9-13(11-24-18)20(21,22)23)12-6-5-7-14(8-12)25-16(19(28)30-4)10-17(27)29-3/h5-11,25H,1-4H3/b16-10+. The van der Waals surface area contributed by atoms with Gasteiger partial charge in [-0.05, 0) is 23.8 Å². The molecule has 0 atom stereocenters. The van der Waals surface area contributed by atoms with Crippen LogP contribution in [0, 0.1) is 0 Å². The maximum Gasteiger partial charge on any atom is 0.417 e. The van der Waals surface area contributed by atoms with E-state index in [0.29, 0.717) is 17.1 Å². The van der Waals surface area contributed by atoms with Crippen LogP contribution in [0.5, 0.6) is 0 Å². The molecule has 1 aromatic heterocycles. The monoisotopic (exact) mass is 423 g/mol. The van der Waals surface area contributed by atoms with Gasteiger partial charge in [-0.2, -0.15) is 13.2 Å². The molecular weight excluding hydrogens is 403 g/mol. The molecule has 0 radical (unpaired) electrons. The van der Waals surface area contributed by atoms with E-state index in [9.17, 15) is 22.8 Å². The minimum atomic E-state index is -4.55. The Hall–Kier alpha value is -3.56. The number of hydrogen-bond acceptors (Lipinski definition) is 7. The van der Waals surface area contributed by atoms with Crippen molar-refractivity contribution in [3.8, 4) is 11.1 Å². The second-order valence-electron chi connectivity index (χ2n) is 6.27. The van der Waals surface area contributed by atoms with Gasteiger partial charge in [-0.1, -0.05) is 12.1 Å². The Labute approximate surface area is 171 Å². The maximum absolute atomic E-state index is 13.2. The summed E-state index contributed by atoms with van der Waals surface area (Å²) in [5, 5.41) is 2.73. The summed E-state index contributed by atoms with van der Waals surface area (Å²) in [5.74, 6) is -1.27. The number of rotatable bonds is 6. The third-order valence-corrected chi connectivity index (χ3v) is 3.94. The molecule has 0 saturated heterocycles. The van der Waals surface area contributed by atoms with E-state index in [-0.39, 0.29) is 11.3 Å². The van der Waals surface area contributed by atoms with Crippen molar-refractivity contribution in [3.63, 3.8) is 0 Å². The summed E-state index contributed by atoms with van der Waals surface area (Å²) < 4.78 is 48.7. The number of halogens is 3. The van der Waals surface area contributed by atoms with E-state index < -0.39 is 23.7 Å². The minimum absolute atomic E-state index is 0.198. The van der Waals surface area contributed by atoms with Gasteiger partial charge in [0.05, 0.1) is 25.9 Å². The quantitative estimate of drug-likeness (QED) is 0.563. The van der Waals surface area contributed by atoms with E-state index in [1.54, 1.807) is 37.2 Å². The number of carbonyl (C=O) groups is 2. The molecule has 7 nitrogen and oxygen atoms in total. The normalized spacial score (nSPS) is 11.6. The predicted octanol–water partition coefficient (Wildman–Crippen LogP) is 3.48. The zero-order valence-electron chi connectivity index (χ0n) is 16.7. The average molecular weight is 423 g/mol. The lowest BCUT2D eigenvalue weighted by atomic mass is 10.0. The van der Waals surface area contributed by atoms with Crippen LogP contribution in [0.4, 0.5) is 24.7 Å². The van der Waals surface area contributed by atoms with Gasteiger partial charge in [0, 0.05) is 31.5 Å². The molecule has 0 aliphatic rings. The van der Waals surface area contributed by atoms with Crippen LogP contribution in [-0.4, -0.2) is 45.2 Å². The molecule has 2 aromatic rings. The number of pyridine rings is 1. The first-order valence-corrected chi connectivity index (χ1v) is 8.56. The average Bonchev–Trinajstić information content (AvgIpc) is 2.71. The Morgan fingerprint density at radius 2 is 1.83 bits per heavy atom. The second kappa shape index (κ2) is 9.29. The lowest BCUT2D eigenvalue weighted by molar-refractivity contribution is -0.138. The highest BCUT2D eigenvalue weighted by Crippen LogP contribution is 2.36. The van der Waals surface area contributed by atoms with Gasteiger partial charge in [0.2, 0.25) is 0 Å². The molecule has 30 heavy (non-hydrogen) atoms. The molecule has 10 heteroatoms. The van der Waals surface area contributed by atoms with E-state index >= 15 is 0 Å². The van der Waals surface area contributed by atoms with Crippen LogP contribution < -0.4 is 10.2 Å². The smallest absolute Gasteiger partial charge is 0.417 e. The van der Waals surface area contributed by atoms with Crippen molar-refractivity contribution in [3.05, 3.63) is 53.9 Å². The molecule has 1 heterocycles. The molecule has 0 bridgehead atoms. The Morgan fingerprint density at radius 1 is 1.13 bits per heavy atom. The number of nitrogens with one attached hydrogen (secondary N) is 1. The number of nitrogens with zero attached hydrogens (tertiary/aromatic N) is 2. The third kappa shape index (κ3) is 5.49. The summed E-state index contributed by atoms with van der Waals surface area (Å²) in [5.41, 5.74) is -0.0754. The highest BCUT2D eigenvalue weighted by Gasteiger charge is 2.32. The number of benzene rings is 1. The number of ether oxygens (including phenoxy) is 2. The molecule has 0 aliphatic carbocycles. The molecule has 0 aliphatic heterocycles. The van der Waals surface area contributed by atoms with Crippen molar-refractivity contribution in [2.75, 3.05) is 38.5 Å². The van der Waals surface area contributed by atoms with Gasteiger partial charge in [-0.15, -0.1) is 0 Å². The van der Waals surface area contributed by atoms with Crippen molar-refractivity contribution >= 4 is 23.4 Å². The summed E-state index contributed by atoms with van der Waals surface area (Å²) in [6.45, 7) is 0. The largest absolute Gasteiger partial charge is 0.466 e. The van der Waals surface area contributed by atoms with Crippen LogP contribution in [0.3, 0.4) is 0 Å². The van der Waals surface area contributed by atoms with E-state index in [4.69, 9.17) is 0 Å². The summed E-state index contributed by atoms with van der Waals surface area (Å²) in [6.07, 6.45) is -2.87. The Bertz CT molecular complexity index is 972. The van der Waals surface area contributed by atoms with Gasteiger partial charge in [0.1, 0.15) is 11.5 Å². The molecule has 0 amide bonds. The Balaban J connectivity index is 2.52. The number of methoxy groups -OCH3 is 2. The highest BCUT2D eigenvalue weighted by molar-refractivity contribution is 5.98. The van der Waals surface area contributed by atoms with Crippen LogP contribution in [0.25, 0.3) is 11.1 Å². The number of aromatic nitrogens is 1. The third-order valence-electron chi connectivity index (χ3n) is 3.94. The van der Waals surface area contributed by atoms with Crippen molar-refractivity contribution < 1.29 is 32.2 Å². The fraction of sp³-hybridized carbons (Fsp3) is 0.250. The lowest BCUT2D eigenvalue weighted by Crippen LogP contribution is -2.16. The molecule has 160 valence electrons. The van der Waals surface area contributed by atoms with Crippen molar-refractivity contribution in [1.29, 1.82) is 0 Å². The zero-order chi connectivity index (χ0) is 22.5. The summed E-state index contributed by atoms with van der Waals surface area (Å²) >= 11 is 0. The van der Waals surface area contributed by atoms with Crippen LogP contribution >= 0.6 is 0 Å². The van der Waals surface area contributed by atoms with Crippen molar-refractivity contribution in [2.45, 2.75) is 6.18 Å². The van der Waals surface area contributed by atoms with Gasteiger partial charge < -0.3 is 19.7 Å². The summed E-state index contributed by atoms with van der Waals surface area (Å²) in [6, 6.07) is 7.31. The molecule has 1 N–H and O–H groups in total. The van der Waals surface area contributed by atoms with Gasteiger partial charge in [-0.25, -0.2) is 14.6 Å². The first kappa shape index (κ1) is 22.7. The van der Waals surface area contributed by atoms with Crippen molar-refractivity contribution in [1.82, 2.24) is 4.98 Å². The summed E-state index contributed by atoms with van der Waals surface area (Å²) in [7, 11) is 5.62. The number of hydrogen-bond donors (Lipinski definition) is 1. The molecule has 0 unspecified atom stereocenters. The number of esters is 2. The molecule has 0 fully saturated rings. The maximum atomic E-state index is 13.2. The second-order valence-corrected chi connectivity index (χ2v) is 6.27. The number of carbonyl (C=O) groups excluding carboxylic acids is 2. The Kier molecular flexibility index (Phi) is 7.04. The van der Waals surface area contributed by atoms with Crippen molar-refractivity contribution in [2.24, 2.45) is 0 Å². The van der Waals surface area contributed by atoms with Crippen LogP contribution in [-0.2, 0) is 25.2 Å². The van der Waals surface area contributed by atoms with Gasteiger partial charge in [0.15, 0.2) is 0 Å². The first-order valence-electron chi connectivity index (χ1n) is 8.56. The SMILES string of the molecule is COC(=O)/C=C(/Nc1cccc(-c2cc(C(F)(F)F)cnc2N(C)C)c1)C(=O)OC. The fourth-order valence-electron chi connectivity index (χ4n) is 2.53. The van der Waals surface area contributed by atoms with E-state index in [1.165, 1.54) is 6.07 Å². The summed E-state index contributed by atoms with van der Waals surface area (Å²) in [4.78, 5) is 29.0. The predicted molar refractivity (Wildman–Crippen MR) is 105 cm³/mol. The van der Waals surface area contributed by atoms with Gasteiger partial charge >= 0.3 is 18.1 Å². The van der Waals surface area contributed by atoms with Crippen LogP contribution in [0.15, 0.2) is 48.3 Å². The molecule has 1 aromatic carbocycles. The number of anilines is 2. The van der Waals surface area contributed by atoms with E-state index in [2.05, 4.69) is 19.8 Å². The molecule has 0 spiro atoms. The van der Waals surface area contributed by atoms with Crippen LogP contribution in [0.1, 0.15) is 5.56 Å². The topological polar surface area (TPSA) is 80.8 Å². The van der Waals surface area contributed by atoms with Crippen LogP contribution in [0.2, 0.25) is 0 Å². The highest BCUT2D eigenvalue weighted by atomic mass is 19.4. The number of alkyl halides is 3. The van der Waals surface area contributed by atoms with Gasteiger partial charge in [-0.3, -0.25) is 0 Å². The van der Waals surface area contributed by atoms with E-state index in [0.717, 1.165) is 32.6 Å². The molecular formula is C20H20F3N3O4. The Morgan fingerprint density at radius 3 is 2.40 bits per heavy atom. The molecule has 0 saturated carbocycles. The molecule has 2 rings (SSSR count). The fourth-order valence-corrected chi connectivity index (χ4v) is 2.53. The zero-order valence-corrected chi connectivity index (χ0v) is 16.7. The minimum Gasteiger partial charge on any atom is -0.466 e. The van der Waals surface area contributed by atoms with Gasteiger partial charge in [0.25, 0.3) is 0 Å². The van der Waals surface area contributed by atoms with E-state index in [1.807, 2.05) is 0 Å². The lowest BCUT2D eigenvalue weighted by Gasteiger charge is -2.19. The first-order chi connectivity index (χ1) is 14.1.